The van der Waals surface area contributed by atoms with E-state index in [0.29, 0.717) is 6.42 Å². The van der Waals surface area contributed by atoms with Crippen LogP contribution in [-0.4, -0.2) is 24.6 Å². The SMILES string of the molecule is Cc1ccc(NC(=O)C[C@H](c2cccs2)n2cccc2)cc1N(C)C. The normalized spacial score (nSPS) is 12.0. The molecular formula is C20H23N3OS. The van der Waals surface area contributed by atoms with Crippen molar-refractivity contribution >= 4 is 28.6 Å². The molecule has 5 heteroatoms. The third-order valence-electron chi connectivity index (χ3n) is 4.21. The van der Waals surface area contributed by atoms with Crippen molar-refractivity contribution in [1.82, 2.24) is 4.57 Å². The number of thiophene rings is 1. The molecular weight excluding hydrogens is 330 g/mol. The monoisotopic (exact) mass is 353 g/mol. The first-order valence-corrected chi connectivity index (χ1v) is 9.16. The molecule has 0 aliphatic carbocycles. The van der Waals surface area contributed by atoms with Crippen LogP contribution in [0.3, 0.4) is 0 Å². The molecule has 0 unspecified atom stereocenters. The number of aryl methyl sites for hydroxylation is 1. The van der Waals surface area contributed by atoms with E-state index in [1.54, 1.807) is 11.3 Å². The van der Waals surface area contributed by atoms with Gasteiger partial charge in [-0.3, -0.25) is 4.79 Å². The zero-order valence-electron chi connectivity index (χ0n) is 14.8. The van der Waals surface area contributed by atoms with Crippen LogP contribution in [0, 0.1) is 6.92 Å². The maximum absolute atomic E-state index is 12.6. The Kier molecular flexibility index (Phi) is 5.24. The zero-order valence-corrected chi connectivity index (χ0v) is 15.6. The van der Waals surface area contributed by atoms with E-state index >= 15 is 0 Å². The number of aromatic nitrogens is 1. The molecule has 0 saturated carbocycles. The highest BCUT2D eigenvalue weighted by Gasteiger charge is 2.18. The molecule has 1 aromatic carbocycles. The van der Waals surface area contributed by atoms with Gasteiger partial charge < -0.3 is 14.8 Å². The van der Waals surface area contributed by atoms with Crippen LogP contribution >= 0.6 is 11.3 Å². The number of benzene rings is 1. The van der Waals surface area contributed by atoms with Gasteiger partial charge in [-0.25, -0.2) is 0 Å². The molecule has 0 aliphatic heterocycles. The lowest BCUT2D eigenvalue weighted by Crippen LogP contribution is -2.19. The number of carbonyl (C=O) groups excluding carboxylic acids is 1. The fraction of sp³-hybridized carbons (Fsp3) is 0.250. The molecule has 0 fully saturated rings. The summed E-state index contributed by atoms with van der Waals surface area (Å²) in [5.41, 5.74) is 3.13. The van der Waals surface area contributed by atoms with Crippen molar-refractivity contribution < 1.29 is 4.79 Å². The van der Waals surface area contributed by atoms with Gasteiger partial charge in [0, 0.05) is 42.7 Å². The van der Waals surface area contributed by atoms with Gasteiger partial charge in [0.05, 0.1) is 12.5 Å². The van der Waals surface area contributed by atoms with Crippen LogP contribution in [0.2, 0.25) is 0 Å². The summed E-state index contributed by atoms with van der Waals surface area (Å²) < 4.78 is 2.09. The fourth-order valence-corrected chi connectivity index (χ4v) is 3.78. The minimum absolute atomic E-state index is 0.0145. The van der Waals surface area contributed by atoms with Crippen molar-refractivity contribution in [2.45, 2.75) is 19.4 Å². The Morgan fingerprint density at radius 1 is 1.20 bits per heavy atom. The molecule has 0 saturated heterocycles. The number of hydrogen-bond acceptors (Lipinski definition) is 3. The molecule has 2 aromatic heterocycles. The number of nitrogens with zero attached hydrogens (tertiary/aromatic N) is 2. The first kappa shape index (κ1) is 17.3. The minimum Gasteiger partial charge on any atom is -0.377 e. The number of rotatable bonds is 6. The summed E-state index contributed by atoms with van der Waals surface area (Å²) in [5.74, 6) is 0.0145. The Morgan fingerprint density at radius 2 is 1.96 bits per heavy atom. The Morgan fingerprint density at radius 3 is 2.60 bits per heavy atom. The molecule has 0 aliphatic rings. The molecule has 1 N–H and O–H groups in total. The van der Waals surface area contributed by atoms with E-state index in [4.69, 9.17) is 0 Å². The maximum atomic E-state index is 12.6. The molecule has 1 amide bonds. The Bertz CT molecular complexity index is 789. The van der Waals surface area contributed by atoms with Gasteiger partial charge in [0.25, 0.3) is 0 Å². The average molecular weight is 353 g/mol. The summed E-state index contributed by atoms with van der Waals surface area (Å²) in [6.07, 6.45) is 4.42. The number of carbonyl (C=O) groups is 1. The summed E-state index contributed by atoms with van der Waals surface area (Å²) in [6.45, 7) is 2.07. The molecule has 25 heavy (non-hydrogen) atoms. The third kappa shape index (κ3) is 4.12. The number of anilines is 2. The van der Waals surface area contributed by atoms with Gasteiger partial charge in [0.1, 0.15) is 0 Å². The largest absolute Gasteiger partial charge is 0.377 e. The lowest BCUT2D eigenvalue weighted by atomic mass is 10.1. The second kappa shape index (κ2) is 7.57. The van der Waals surface area contributed by atoms with Crippen LogP contribution < -0.4 is 10.2 Å². The summed E-state index contributed by atoms with van der Waals surface area (Å²) in [7, 11) is 4.01. The Labute approximate surface area is 152 Å². The van der Waals surface area contributed by atoms with E-state index in [2.05, 4.69) is 27.8 Å². The van der Waals surface area contributed by atoms with Crippen LogP contribution in [0.4, 0.5) is 11.4 Å². The van der Waals surface area contributed by atoms with Crippen molar-refractivity contribution in [1.29, 1.82) is 0 Å². The third-order valence-corrected chi connectivity index (χ3v) is 5.19. The molecule has 0 spiro atoms. The topological polar surface area (TPSA) is 37.3 Å². The quantitative estimate of drug-likeness (QED) is 0.706. The molecule has 4 nitrogen and oxygen atoms in total. The van der Waals surface area contributed by atoms with Crippen LogP contribution in [0.25, 0.3) is 0 Å². The summed E-state index contributed by atoms with van der Waals surface area (Å²) in [5, 5.41) is 5.09. The zero-order chi connectivity index (χ0) is 17.8. The van der Waals surface area contributed by atoms with Crippen molar-refractivity contribution in [3.05, 3.63) is 70.7 Å². The van der Waals surface area contributed by atoms with Crippen molar-refractivity contribution in [3.8, 4) is 0 Å². The smallest absolute Gasteiger partial charge is 0.226 e. The molecule has 1 atom stereocenters. The van der Waals surface area contributed by atoms with Gasteiger partial charge in [0.15, 0.2) is 0 Å². The van der Waals surface area contributed by atoms with Gasteiger partial charge in [-0.2, -0.15) is 0 Å². The lowest BCUT2D eigenvalue weighted by molar-refractivity contribution is -0.116. The Hall–Kier alpha value is -2.53. The first-order valence-electron chi connectivity index (χ1n) is 8.28. The van der Waals surface area contributed by atoms with Crippen molar-refractivity contribution in [2.24, 2.45) is 0 Å². The van der Waals surface area contributed by atoms with Crippen molar-refractivity contribution in [3.63, 3.8) is 0 Å². The molecule has 0 bridgehead atoms. The average Bonchev–Trinajstić information content (AvgIpc) is 3.28. The summed E-state index contributed by atoms with van der Waals surface area (Å²) >= 11 is 1.68. The fourth-order valence-electron chi connectivity index (χ4n) is 2.95. The van der Waals surface area contributed by atoms with Crippen LogP contribution in [0.5, 0.6) is 0 Å². The second-order valence-electron chi connectivity index (χ2n) is 6.31. The maximum Gasteiger partial charge on any atom is 0.226 e. The highest BCUT2D eigenvalue weighted by atomic mass is 32.1. The van der Waals surface area contributed by atoms with E-state index in [9.17, 15) is 4.79 Å². The van der Waals surface area contributed by atoms with Crippen molar-refractivity contribution in [2.75, 3.05) is 24.3 Å². The molecule has 0 radical (unpaired) electrons. The molecule has 2 heterocycles. The predicted molar refractivity (Wildman–Crippen MR) is 106 cm³/mol. The minimum atomic E-state index is 0.0145. The highest BCUT2D eigenvalue weighted by molar-refractivity contribution is 7.10. The van der Waals surface area contributed by atoms with Gasteiger partial charge in [0.2, 0.25) is 5.91 Å². The summed E-state index contributed by atoms with van der Waals surface area (Å²) in [4.78, 5) is 15.9. The van der Waals surface area contributed by atoms with Crippen LogP contribution in [-0.2, 0) is 4.79 Å². The van der Waals surface area contributed by atoms with E-state index < -0.39 is 0 Å². The van der Waals surface area contributed by atoms with Gasteiger partial charge in [-0.15, -0.1) is 11.3 Å². The van der Waals surface area contributed by atoms with E-state index in [0.717, 1.165) is 11.4 Å². The van der Waals surface area contributed by atoms with E-state index in [1.165, 1.54) is 10.4 Å². The van der Waals surface area contributed by atoms with Gasteiger partial charge >= 0.3 is 0 Å². The van der Waals surface area contributed by atoms with Crippen LogP contribution in [0.15, 0.2) is 60.2 Å². The van der Waals surface area contributed by atoms with E-state index in [1.807, 2.05) is 68.3 Å². The number of nitrogens with one attached hydrogen (secondary N) is 1. The number of hydrogen-bond donors (Lipinski definition) is 1. The predicted octanol–water partition coefficient (Wildman–Crippen LogP) is 4.54. The molecule has 3 aromatic rings. The second-order valence-corrected chi connectivity index (χ2v) is 7.29. The van der Waals surface area contributed by atoms with Gasteiger partial charge in [-0.1, -0.05) is 12.1 Å². The number of amides is 1. The van der Waals surface area contributed by atoms with Crippen LogP contribution in [0.1, 0.15) is 22.9 Å². The summed E-state index contributed by atoms with van der Waals surface area (Å²) in [6, 6.07) is 14.1. The highest BCUT2D eigenvalue weighted by Crippen LogP contribution is 2.28. The molecule has 3 rings (SSSR count). The Balaban J connectivity index is 1.76. The van der Waals surface area contributed by atoms with Gasteiger partial charge in [-0.05, 0) is 48.2 Å². The molecule has 130 valence electrons. The van der Waals surface area contributed by atoms with E-state index in [-0.39, 0.29) is 11.9 Å². The standard InChI is InChI=1S/C20H23N3OS/c1-15-8-9-16(13-17(15)22(2)3)21-20(24)14-18(19-7-6-12-25-19)23-10-4-5-11-23/h4-13,18H,14H2,1-3H3,(H,21,24)/t18-/m1/s1. The first-order chi connectivity index (χ1) is 12.0. The lowest BCUT2D eigenvalue weighted by Gasteiger charge is -2.19.